The standard InChI is InChI=1S/C26H28F2N4O3/c1-15-5-6-16(29-11-15)13-32-14-18-22(31-32)20-19(10-26(18)7-8-26)35-23(21(20)25(2,27)28)24(33)30-12-17-4-3-9-34-17/h5-6,11,14,17H,3-4,7-10,12-13H2,1-2H3,(H,30,33)/t17-/m0/s1. The third-order valence-electron chi connectivity index (χ3n) is 7.36. The van der Waals surface area contributed by atoms with E-state index in [-0.39, 0.29) is 35.0 Å². The molecule has 0 radical (unpaired) electrons. The van der Waals surface area contributed by atoms with Gasteiger partial charge in [0.25, 0.3) is 11.8 Å². The Balaban J connectivity index is 1.39. The van der Waals surface area contributed by atoms with Crippen molar-refractivity contribution in [1.29, 1.82) is 0 Å². The van der Waals surface area contributed by atoms with E-state index in [1.54, 1.807) is 10.9 Å². The number of hydrogen-bond acceptors (Lipinski definition) is 5. The van der Waals surface area contributed by atoms with Gasteiger partial charge in [0.15, 0.2) is 0 Å². The van der Waals surface area contributed by atoms with Crippen LogP contribution in [0.2, 0.25) is 0 Å². The summed E-state index contributed by atoms with van der Waals surface area (Å²) >= 11 is 0. The number of aromatic nitrogens is 3. The van der Waals surface area contributed by atoms with E-state index < -0.39 is 11.8 Å². The Kier molecular flexibility index (Phi) is 5.11. The monoisotopic (exact) mass is 482 g/mol. The van der Waals surface area contributed by atoms with Crippen LogP contribution in [0.15, 0.2) is 28.9 Å². The number of carbonyl (C=O) groups excluding carboxylic acids is 1. The number of pyridine rings is 1. The van der Waals surface area contributed by atoms with E-state index in [2.05, 4.69) is 10.3 Å². The lowest BCUT2D eigenvalue weighted by atomic mass is 9.81. The van der Waals surface area contributed by atoms with Gasteiger partial charge >= 0.3 is 0 Å². The number of ether oxygens (including phenoxy) is 1. The number of rotatable bonds is 6. The molecule has 3 aromatic heterocycles. The number of nitrogens with zero attached hydrogens (tertiary/aromatic N) is 3. The highest BCUT2D eigenvalue weighted by Crippen LogP contribution is 2.59. The molecule has 9 heteroatoms. The summed E-state index contributed by atoms with van der Waals surface area (Å²) in [7, 11) is 0. The summed E-state index contributed by atoms with van der Waals surface area (Å²) in [5.41, 5.74) is 3.07. The van der Waals surface area contributed by atoms with Crippen LogP contribution in [0.3, 0.4) is 0 Å². The van der Waals surface area contributed by atoms with Crippen molar-refractivity contribution in [3.8, 4) is 11.3 Å². The van der Waals surface area contributed by atoms with Gasteiger partial charge < -0.3 is 14.5 Å². The molecule has 1 atom stereocenters. The largest absolute Gasteiger partial charge is 0.455 e. The van der Waals surface area contributed by atoms with Crippen LogP contribution >= 0.6 is 0 Å². The highest BCUT2D eigenvalue weighted by molar-refractivity contribution is 5.96. The maximum absolute atomic E-state index is 15.0. The second kappa shape index (κ2) is 7.98. The molecule has 2 fully saturated rings. The molecular weight excluding hydrogens is 454 g/mol. The molecule has 0 bridgehead atoms. The van der Waals surface area contributed by atoms with E-state index >= 15 is 8.78 Å². The van der Waals surface area contributed by atoms with Crippen molar-refractivity contribution in [2.24, 2.45) is 0 Å². The maximum Gasteiger partial charge on any atom is 0.287 e. The van der Waals surface area contributed by atoms with Gasteiger partial charge in [0, 0.05) is 49.9 Å². The Morgan fingerprint density at radius 1 is 1.34 bits per heavy atom. The summed E-state index contributed by atoms with van der Waals surface area (Å²) in [6.07, 6.45) is 7.79. The normalized spacial score (nSPS) is 20.1. The topological polar surface area (TPSA) is 82.2 Å². The van der Waals surface area contributed by atoms with Crippen LogP contribution in [0.4, 0.5) is 8.78 Å². The number of aryl methyl sites for hydroxylation is 1. The summed E-state index contributed by atoms with van der Waals surface area (Å²) < 4.78 is 43.3. The Morgan fingerprint density at radius 2 is 2.17 bits per heavy atom. The molecule has 3 aromatic rings. The lowest BCUT2D eigenvalue weighted by Gasteiger charge is -2.21. The summed E-state index contributed by atoms with van der Waals surface area (Å²) in [4.78, 5) is 17.5. The summed E-state index contributed by atoms with van der Waals surface area (Å²) in [6.45, 7) is 4.14. The zero-order valence-corrected chi connectivity index (χ0v) is 19.9. The predicted molar refractivity (Wildman–Crippen MR) is 123 cm³/mol. The SMILES string of the molecule is Cc1ccc(Cn2cc3c(n2)-c2c(oc(C(=O)NC[C@@H]4CCCO4)c2C(C)(F)F)CC32CC2)nc1. The van der Waals surface area contributed by atoms with E-state index in [4.69, 9.17) is 14.3 Å². The number of halogens is 2. The predicted octanol–water partition coefficient (Wildman–Crippen LogP) is 4.50. The molecule has 35 heavy (non-hydrogen) atoms. The molecule has 4 heterocycles. The number of carbonyl (C=O) groups is 1. The van der Waals surface area contributed by atoms with Gasteiger partial charge in [-0.05, 0) is 44.2 Å². The minimum absolute atomic E-state index is 0.0958. The maximum atomic E-state index is 15.0. The average Bonchev–Trinajstić information content (AvgIpc) is 3.18. The molecule has 2 aliphatic carbocycles. The summed E-state index contributed by atoms with van der Waals surface area (Å²) in [6, 6.07) is 3.92. The van der Waals surface area contributed by atoms with Crippen LogP contribution in [0.5, 0.6) is 0 Å². The minimum atomic E-state index is -3.28. The van der Waals surface area contributed by atoms with Crippen LogP contribution in [-0.4, -0.2) is 39.9 Å². The smallest absolute Gasteiger partial charge is 0.287 e. The second-order valence-electron chi connectivity index (χ2n) is 10.2. The first-order valence-electron chi connectivity index (χ1n) is 12.2. The van der Waals surface area contributed by atoms with Crippen molar-refractivity contribution in [2.45, 2.75) is 69.9 Å². The molecule has 1 saturated carbocycles. The van der Waals surface area contributed by atoms with Crippen molar-refractivity contribution < 1.29 is 22.7 Å². The third-order valence-corrected chi connectivity index (χ3v) is 7.36. The van der Waals surface area contributed by atoms with Crippen molar-refractivity contribution in [3.63, 3.8) is 0 Å². The fraction of sp³-hybridized carbons (Fsp3) is 0.500. The van der Waals surface area contributed by atoms with Crippen molar-refractivity contribution in [3.05, 3.63) is 58.4 Å². The fourth-order valence-corrected chi connectivity index (χ4v) is 5.36. The quantitative estimate of drug-likeness (QED) is 0.559. The van der Waals surface area contributed by atoms with Crippen LogP contribution in [-0.2, 0) is 29.0 Å². The Bertz CT molecular complexity index is 1280. The fourth-order valence-electron chi connectivity index (χ4n) is 5.36. The van der Waals surface area contributed by atoms with E-state index in [1.807, 2.05) is 25.3 Å². The van der Waals surface area contributed by atoms with E-state index in [9.17, 15) is 4.79 Å². The van der Waals surface area contributed by atoms with Crippen LogP contribution < -0.4 is 5.32 Å². The van der Waals surface area contributed by atoms with Crippen LogP contribution in [0.25, 0.3) is 11.3 Å². The second-order valence-corrected chi connectivity index (χ2v) is 10.2. The zero-order chi connectivity index (χ0) is 24.4. The first kappa shape index (κ1) is 22.4. The molecule has 1 saturated heterocycles. The number of alkyl halides is 2. The van der Waals surface area contributed by atoms with Gasteiger partial charge in [0.1, 0.15) is 11.5 Å². The van der Waals surface area contributed by atoms with Crippen LogP contribution in [0, 0.1) is 6.92 Å². The van der Waals surface area contributed by atoms with Crippen molar-refractivity contribution in [2.75, 3.05) is 13.2 Å². The highest BCUT2D eigenvalue weighted by Gasteiger charge is 2.54. The number of furan rings is 1. The van der Waals surface area contributed by atoms with Gasteiger partial charge in [-0.3, -0.25) is 14.5 Å². The number of nitrogens with one attached hydrogen (secondary N) is 1. The molecule has 1 aliphatic heterocycles. The van der Waals surface area contributed by atoms with Gasteiger partial charge in [0.05, 0.1) is 29.5 Å². The number of amides is 1. The van der Waals surface area contributed by atoms with Gasteiger partial charge in [-0.1, -0.05) is 6.07 Å². The molecule has 0 aromatic carbocycles. The zero-order valence-electron chi connectivity index (χ0n) is 19.9. The molecule has 3 aliphatic rings. The molecule has 184 valence electrons. The van der Waals surface area contributed by atoms with Gasteiger partial charge in [-0.15, -0.1) is 0 Å². The van der Waals surface area contributed by atoms with Gasteiger partial charge in [-0.2, -0.15) is 5.10 Å². The number of hydrogen-bond donors (Lipinski definition) is 1. The molecule has 1 spiro atoms. The molecular formula is C26H28F2N4O3. The van der Waals surface area contributed by atoms with E-state index in [0.29, 0.717) is 31.0 Å². The molecule has 7 nitrogen and oxygen atoms in total. The Morgan fingerprint density at radius 3 is 2.83 bits per heavy atom. The Labute approximate surface area is 201 Å². The number of fused-ring (bicyclic) bond motifs is 4. The minimum Gasteiger partial charge on any atom is -0.455 e. The molecule has 0 unspecified atom stereocenters. The van der Waals surface area contributed by atoms with Crippen molar-refractivity contribution >= 4 is 5.91 Å². The van der Waals surface area contributed by atoms with E-state index in [0.717, 1.165) is 49.4 Å². The Hall–Kier alpha value is -3.07. The highest BCUT2D eigenvalue weighted by atomic mass is 19.3. The van der Waals surface area contributed by atoms with Gasteiger partial charge in [-0.25, -0.2) is 8.78 Å². The lowest BCUT2D eigenvalue weighted by molar-refractivity contribution is 0.0158. The average molecular weight is 483 g/mol. The summed E-state index contributed by atoms with van der Waals surface area (Å²) in [5.74, 6) is -3.81. The molecule has 1 N–H and O–H groups in total. The first-order chi connectivity index (χ1) is 16.7. The van der Waals surface area contributed by atoms with E-state index in [1.165, 1.54) is 0 Å². The third kappa shape index (κ3) is 3.95. The lowest BCUT2D eigenvalue weighted by Crippen LogP contribution is -2.32. The first-order valence-corrected chi connectivity index (χ1v) is 12.2. The van der Waals surface area contributed by atoms with Crippen LogP contribution in [0.1, 0.15) is 71.3 Å². The van der Waals surface area contributed by atoms with Crippen molar-refractivity contribution in [1.82, 2.24) is 20.1 Å². The van der Waals surface area contributed by atoms with Gasteiger partial charge in [0.2, 0.25) is 5.76 Å². The summed E-state index contributed by atoms with van der Waals surface area (Å²) in [5, 5.41) is 7.47. The molecule has 6 rings (SSSR count). The molecule has 1 amide bonds.